The summed E-state index contributed by atoms with van der Waals surface area (Å²) in [6.45, 7) is 2.32. The van der Waals surface area contributed by atoms with Crippen molar-refractivity contribution in [1.82, 2.24) is 63.4 Å². The number of unbranched alkanes of at least 4 members (excludes halogenated alkanes) is 1. The number of carboxylic acid groups (broad SMARTS) is 1. The van der Waals surface area contributed by atoms with Crippen molar-refractivity contribution < 1.29 is 92.7 Å². The van der Waals surface area contributed by atoms with Crippen LogP contribution in [0.3, 0.4) is 0 Å². The monoisotopic (exact) mass is 1530 g/mol. The van der Waals surface area contributed by atoms with Gasteiger partial charge in [-0.05, 0) is 122 Å². The van der Waals surface area contributed by atoms with Gasteiger partial charge in [0.2, 0.25) is 76.8 Å². The van der Waals surface area contributed by atoms with Gasteiger partial charge in [-0.25, -0.2) is 0 Å². The molecule has 5 aromatic rings. The second kappa shape index (κ2) is 43.7. The number of rotatable bonds is 43. The lowest BCUT2D eigenvalue weighted by atomic mass is 9.96. The lowest BCUT2D eigenvalue weighted by Gasteiger charge is -2.30. The van der Waals surface area contributed by atoms with Crippen LogP contribution in [0.15, 0.2) is 133 Å². The molecule has 0 bridgehead atoms. The summed E-state index contributed by atoms with van der Waals surface area (Å²) in [6.07, 6.45) is 0.361. The standard InChI is InChI=1S/C76H99N15O19/c1-4-43(2)65(90-72(106)58(36-46-16-9-6-10-17-46)87-70(104)57(35-45-14-7-5-8-15-45)88-74(108)61-19-13-33-91(61)76(110)53(78)34-47-20-26-50(93)27-21-47)75(109)89-60(42-92)73(107)85-55(37-48-22-28-51(94)29-23-48)68(102)81-40-62(96)80-41-63(97)82-44(3)67(101)84-59(39-64(98)99)71(105)86-56(38-49-24-30-52(95)31-25-49)69(103)83-54(66(79)100)18-11-12-32-77/h5-10,14-17,20-31,43-44,53-61,65,92-95H,4,11-13,18-19,32-42,77-78H2,1-3H3,(H2,79,100)(H,80,96)(H,81,102)(H,82,97)(H,83,103)(H,84,101)(H,85,107)(H,86,105)(H,87,104)(H,88,108)(H,89,109)(H,90,106)(H,98,99)/t43-,44-,53-,54-,55-,56-,57-,58-,59-,60-,61-,65-/m0/s1. The van der Waals surface area contributed by atoms with E-state index in [4.69, 9.17) is 17.2 Å². The van der Waals surface area contributed by atoms with Crippen molar-refractivity contribution in [3.63, 3.8) is 0 Å². The second-order valence-electron chi connectivity index (χ2n) is 26.8. The van der Waals surface area contributed by atoms with Gasteiger partial charge in [-0.3, -0.25) is 67.1 Å². The Hall–Kier alpha value is -12.0. The van der Waals surface area contributed by atoms with Gasteiger partial charge in [0.15, 0.2) is 0 Å². The fourth-order valence-corrected chi connectivity index (χ4v) is 11.9. The molecule has 1 aliphatic rings. The summed E-state index contributed by atoms with van der Waals surface area (Å²) in [7, 11) is 0. The summed E-state index contributed by atoms with van der Waals surface area (Å²) in [4.78, 5) is 193. The molecule has 1 aliphatic heterocycles. The van der Waals surface area contributed by atoms with Gasteiger partial charge in [0, 0.05) is 32.2 Å². The molecule has 0 aromatic heterocycles. The number of hydrogen-bond acceptors (Lipinski definition) is 20. The van der Waals surface area contributed by atoms with Crippen molar-refractivity contribution in [3.05, 3.63) is 161 Å². The van der Waals surface area contributed by atoms with E-state index in [0.29, 0.717) is 53.6 Å². The molecule has 1 saturated heterocycles. The molecule has 12 atom stereocenters. The largest absolute Gasteiger partial charge is 0.508 e. The summed E-state index contributed by atoms with van der Waals surface area (Å²) in [6, 6.07) is 18.8. The number of hydrogen-bond donors (Lipinski definition) is 19. The van der Waals surface area contributed by atoms with E-state index in [1.807, 2.05) is 0 Å². The van der Waals surface area contributed by atoms with Gasteiger partial charge < -0.3 is 106 Å². The number of phenols is 3. The number of amides is 13. The van der Waals surface area contributed by atoms with Crippen molar-refractivity contribution >= 4 is 82.8 Å². The van der Waals surface area contributed by atoms with Gasteiger partial charge in [0.05, 0.1) is 32.2 Å². The molecule has 6 rings (SSSR count). The maximum absolute atomic E-state index is 14.8. The van der Waals surface area contributed by atoms with Crippen LogP contribution in [0.5, 0.6) is 17.2 Å². The number of aliphatic carboxylic acids is 1. The number of aliphatic hydroxyl groups excluding tert-OH is 1. The first-order valence-electron chi connectivity index (χ1n) is 36.0. The third-order valence-corrected chi connectivity index (χ3v) is 18.3. The topological polar surface area (TPSA) is 554 Å². The highest BCUT2D eigenvalue weighted by atomic mass is 16.4. The summed E-state index contributed by atoms with van der Waals surface area (Å²) in [5.74, 6) is -14.3. The Morgan fingerprint density at radius 2 is 0.891 bits per heavy atom. The van der Waals surface area contributed by atoms with Crippen molar-refractivity contribution in [3.8, 4) is 17.2 Å². The van der Waals surface area contributed by atoms with E-state index in [0.717, 1.165) is 0 Å². The molecule has 0 aliphatic carbocycles. The van der Waals surface area contributed by atoms with Crippen LogP contribution in [0.25, 0.3) is 0 Å². The van der Waals surface area contributed by atoms with Crippen LogP contribution in [0, 0.1) is 5.92 Å². The third-order valence-electron chi connectivity index (χ3n) is 18.3. The van der Waals surface area contributed by atoms with E-state index in [1.165, 1.54) is 72.5 Å². The minimum absolute atomic E-state index is 0.0349. The summed E-state index contributed by atoms with van der Waals surface area (Å²) >= 11 is 0. The number of nitrogens with two attached hydrogens (primary N) is 3. The first-order valence-corrected chi connectivity index (χ1v) is 36.0. The highest BCUT2D eigenvalue weighted by Crippen LogP contribution is 2.22. The maximum Gasteiger partial charge on any atom is 0.305 e. The number of nitrogens with one attached hydrogen (secondary N) is 11. The fourth-order valence-electron chi connectivity index (χ4n) is 11.9. The van der Waals surface area contributed by atoms with Crippen LogP contribution in [0.1, 0.15) is 93.5 Å². The first-order chi connectivity index (χ1) is 52.4. The summed E-state index contributed by atoms with van der Waals surface area (Å²) in [5.41, 5.74) is 20.2. The van der Waals surface area contributed by atoms with Crippen molar-refractivity contribution in [1.29, 1.82) is 0 Å². The fraction of sp³-hybridized carbons (Fsp3) is 0.421. The minimum atomic E-state index is -1.86. The van der Waals surface area contributed by atoms with Crippen LogP contribution in [-0.2, 0) is 99.2 Å². The van der Waals surface area contributed by atoms with Gasteiger partial charge in [-0.15, -0.1) is 0 Å². The molecule has 22 N–H and O–H groups in total. The van der Waals surface area contributed by atoms with Crippen LogP contribution in [-0.4, -0.2) is 212 Å². The number of benzene rings is 5. The van der Waals surface area contributed by atoms with E-state index in [1.54, 1.807) is 86.6 Å². The Labute approximate surface area is 635 Å². The number of carboxylic acids is 1. The Morgan fingerprint density at radius 3 is 1.36 bits per heavy atom. The Bertz CT molecular complexity index is 3970. The van der Waals surface area contributed by atoms with Gasteiger partial charge in [0.25, 0.3) is 0 Å². The molecule has 0 saturated carbocycles. The third kappa shape index (κ3) is 28.3. The molecule has 0 spiro atoms. The minimum Gasteiger partial charge on any atom is -0.508 e. The number of nitrogens with zero attached hydrogens (tertiary/aromatic N) is 1. The Balaban J connectivity index is 1.09. The van der Waals surface area contributed by atoms with E-state index in [2.05, 4.69) is 58.5 Å². The number of primary amides is 1. The zero-order valence-electron chi connectivity index (χ0n) is 61.3. The number of likely N-dealkylation sites (tertiary alicyclic amines) is 1. The van der Waals surface area contributed by atoms with Crippen LogP contribution in [0.4, 0.5) is 0 Å². The molecule has 34 nitrogen and oxygen atoms in total. The van der Waals surface area contributed by atoms with Crippen LogP contribution < -0.4 is 75.7 Å². The Morgan fingerprint density at radius 1 is 0.473 bits per heavy atom. The smallest absolute Gasteiger partial charge is 0.305 e. The molecular formula is C76H99N15O19. The number of carbonyl (C=O) groups is 14. The molecule has 5 aromatic carbocycles. The van der Waals surface area contributed by atoms with E-state index >= 15 is 0 Å². The van der Waals surface area contributed by atoms with E-state index in [-0.39, 0.29) is 75.2 Å². The lowest BCUT2D eigenvalue weighted by molar-refractivity contribution is -0.141. The Kier molecular flexibility index (Phi) is 34.5. The summed E-state index contributed by atoms with van der Waals surface area (Å²) < 4.78 is 0. The number of phenolic OH excluding ortho intramolecular Hbond substituents is 3. The number of aromatic hydroxyl groups is 3. The van der Waals surface area contributed by atoms with Gasteiger partial charge in [-0.2, -0.15) is 0 Å². The molecular weight excluding hydrogens is 1430 g/mol. The molecule has 0 radical (unpaired) electrons. The predicted octanol–water partition coefficient (Wildman–Crippen LogP) is -2.62. The van der Waals surface area contributed by atoms with Crippen molar-refractivity contribution in [2.45, 2.75) is 164 Å². The highest BCUT2D eigenvalue weighted by Gasteiger charge is 2.40. The SMILES string of the molecule is CC[C@H](C)[C@H](NC(=O)[C@H](Cc1ccccc1)NC(=O)[C@H](Cc1ccccc1)NC(=O)[C@@H]1CCCN1C(=O)[C@@H](N)Cc1ccc(O)cc1)C(=O)N[C@@H](CO)C(=O)N[C@@H](Cc1ccc(O)cc1)C(=O)NCC(=O)NCC(=O)N[C@@H](C)C(=O)N[C@@H](CC(=O)O)C(=O)N[C@@H](Cc1ccc(O)cc1)C(=O)N[C@@H](CCCCN)C(N)=O. The lowest BCUT2D eigenvalue weighted by Crippen LogP contribution is -2.62. The number of aliphatic hydroxyl groups is 1. The normalized spacial score (nSPS) is 15.4. The van der Waals surface area contributed by atoms with Crippen LogP contribution in [0.2, 0.25) is 0 Å². The zero-order valence-corrected chi connectivity index (χ0v) is 61.3. The molecule has 0 unspecified atom stereocenters. The van der Waals surface area contributed by atoms with Gasteiger partial charge in [0.1, 0.15) is 77.7 Å². The predicted molar refractivity (Wildman–Crippen MR) is 398 cm³/mol. The molecule has 1 fully saturated rings. The van der Waals surface area contributed by atoms with Crippen molar-refractivity contribution in [2.75, 3.05) is 32.8 Å². The molecule has 592 valence electrons. The van der Waals surface area contributed by atoms with E-state index < -0.39 is 181 Å². The molecule has 34 heteroatoms. The second-order valence-corrected chi connectivity index (χ2v) is 26.8. The highest BCUT2D eigenvalue weighted by molar-refractivity contribution is 6.00. The average Bonchev–Trinajstić information content (AvgIpc) is 1.60. The number of carbonyl (C=O) groups excluding carboxylic acids is 13. The zero-order chi connectivity index (χ0) is 80.6. The maximum atomic E-state index is 14.8. The van der Waals surface area contributed by atoms with Crippen LogP contribution >= 0.6 is 0 Å². The summed E-state index contributed by atoms with van der Waals surface area (Å²) in [5, 5.41) is 77.2. The molecule has 1 heterocycles. The quantitative estimate of drug-likeness (QED) is 0.0178. The van der Waals surface area contributed by atoms with Crippen molar-refractivity contribution in [2.24, 2.45) is 23.1 Å². The molecule has 110 heavy (non-hydrogen) atoms. The van der Waals surface area contributed by atoms with Gasteiger partial charge >= 0.3 is 5.97 Å². The average molecular weight is 1530 g/mol. The van der Waals surface area contributed by atoms with E-state index in [9.17, 15) is 92.7 Å². The molecule has 13 amide bonds. The first kappa shape index (κ1) is 86.9. The van der Waals surface area contributed by atoms with Gasteiger partial charge in [-0.1, -0.05) is 117 Å².